The Kier molecular flexibility index (Phi) is 5.50. The number of hydrogen-bond donors (Lipinski definition) is 0. The molecule has 162 valence electrons. The van der Waals surface area contributed by atoms with Crippen LogP contribution in [0.4, 0.5) is 5.69 Å². The van der Waals surface area contributed by atoms with Crippen LogP contribution in [0.15, 0.2) is 72.8 Å². The van der Waals surface area contributed by atoms with Crippen molar-refractivity contribution in [1.29, 1.82) is 0 Å². The Hall–Kier alpha value is -3.44. The maximum Gasteiger partial charge on any atom is 0.261 e. The third-order valence-corrected chi connectivity index (χ3v) is 6.52. The molecule has 0 radical (unpaired) electrons. The van der Waals surface area contributed by atoms with Crippen LogP contribution in [-0.2, 0) is 6.42 Å². The van der Waals surface area contributed by atoms with Crippen molar-refractivity contribution in [3.63, 3.8) is 0 Å². The predicted octanol–water partition coefficient (Wildman–Crippen LogP) is 3.94. The number of nitrogens with zero attached hydrogens (tertiary/aromatic N) is 3. The topological polar surface area (TPSA) is 43.9 Å². The van der Waals surface area contributed by atoms with Gasteiger partial charge in [-0.3, -0.25) is 14.5 Å². The van der Waals surface area contributed by atoms with E-state index in [4.69, 9.17) is 0 Å². The lowest BCUT2D eigenvalue weighted by molar-refractivity contribution is 0.0656. The molecule has 0 saturated carbocycles. The lowest BCUT2D eigenvalue weighted by atomic mass is 10.0. The highest BCUT2D eigenvalue weighted by Gasteiger charge is 2.35. The highest BCUT2D eigenvalue weighted by Crippen LogP contribution is 2.29. The molecule has 2 amide bonds. The molecule has 2 aliphatic rings. The summed E-state index contributed by atoms with van der Waals surface area (Å²) >= 11 is 0. The summed E-state index contributed by atoms with van der Waals surface area (Å²) in [5.74, 6) is -0.387. The molecule has 3 aromatic rings. The Labute approximate surface area is 188 Å². The number of carbonyl (C=O) groups is 2. The average Bonchev–Trinajstić information content (AvgIpc) is 3.08. The summed E-state index contributed by atoms with van der Waals surface area (Å²) in [7, 11) is 2.15. The molecular weight excluding hydrogens is 398 g/mol. The van der Waals surface area contributed by atoms with Crippen LogP contribution < -0.4 is 4.90 Å². The first-order chi connectivity index (χ1) is 15.6. The predicted molar refractivity (Wildman–Crippen MR) is 127 cm³/mol. The second-order valence-electron chi connectivity index (χ2n) is 8.56. The molecule has 0 bridgehead atoms. The second kappa shape index (κ2) is 8.60. The molecular formula is C27H27N3O2. The third kappa shape index (κ3) is 3.80. The number of para-hydroxylation sites is 1. The normalized spacial score (nSPS) is 16.5. The van der Waals surface area contributed by atoms with Crippen molar-refractivity contribution in [2.75, 3.05) is 44.7 Å². The van der Waals surface area contributed by atoms with Gasteiger partial charge in [-0.25, -0.2) is 0 Å². The number of hydrogen-bond acceptors (Lipinski definition) is 4. The summed E-state index contributed by atoms with van der Waals surface area (Å²) < 4.78 is 0. The molecule has 0 N–H and O–H groups in total. The first-order valence-electron chi connectivity index (χ1n) is 11.2. The number of benzene rings is 3. The van der Waals surface area contributed by atoms with Crippen LogP contribution in [0.25, 0.3) is 11.1 Å². The molecule has 5 heteroatoms. The van der Waals surface area contributed by atoms with Gasteiger partial charge in [0.25, 0.3) is 11.8 Å². The zero-order valence-electron chi connectivity index (χ0n) is 18.3. The van der Waals surface area contributed by atoms with E-state index in [9.17, 15) is 9.59 Å². The van der Waals surface area contributed by atoms with E-state index < -0.39 is 0 Å². The molecule has 32 heavy (non-hydrogen) atoms. The molecule has 0 aromatic heterocycles. The molecule has 0 aliphatic carbocycles. The molecule has 3 aromatic carbocycles. The van der Waals surface area contributed by atoms with Gasteiger partial charge in [-0.2, -0.15) is 0 Å². The standard InChI is InChI=1S/C27H27N3O2/c1-28-15-17-29(18-16-28)25-10-6-5-9-21(25)13-14-30-26(31)23-12-11-22(19-24(23)27(30)32)20-7-3-2-4-8-20/h2-12,19H,13-18H2,1H3. The van der Waals surface area contributed by atoms with Crippen LogP contribution in [0.2, 0.25) is 0 Å². The molecule has 2 heterocycles. The molecule has 5 rings (SSSR count). The van der Waals surface area contributed by atoms with E-state index in [2.05, 4.69) is 35.0 Å². The smallest absolute Gasteiger partial charge is 0.261 e. The lowest BCUT2D eigenvalue weighted by Crippen LogP contribution is -2.44. The van der Waals surface area contributed by atoms with Crippen molar-refractivity contribution in [2.24, 2.45) is 0 Å². The van der Waals surface area contributed by atoms with Crippen molar-refractivity contribution in [3.05, 3.63) is 89.5 Å². The fourth-order valence-electron chi connectivity index (χ4n) is 4.61. The second-order valence-corrected chi connectivity index (χ2v) is 8.56. The van der Waals surface area contributed by atoms with Gasteiger partial charge in [0.05, 0.1) is 11.1 Å². The zero-order valence-corrected chi connectivity index (χ0v) is 18.3. The van der Waals surface area contributed by atoms with Crippen LogP contribution in [0.1, 0.15) is 26.3 Å². The van der Waals surface area contributed by atoms with Gasteiger partial charge in [0, 0.05) is 38.4 Å². The average molecular weight is 426 g/mol. The monoisotopic (exact) mass is 425 g/mol. The van der Waals surface area contributed by atoms with Crippen molar-refractivity contribution < 1.29 is 9.59 Å². The number of anilines is 1. The molecule has 5 nitrogen and oxygen atoms in total. The van der Waals surface area contributed by atoms with Gasteiger partial charge in [0.15, 0.2) is 0 Å². The number of imide groups is 1. The van der Waals surface area contributed by atoms with Gasteiger partial charge in [0.2, 0.25) is 0 Å². The van der Waals surface area contributed by atoms with Gasteiger partial charge in [0.1, 0.15) is 0 Å². The Morgan fingerprint density at radius 3 is 2.19 bits per heavy atom. The summed E-state index contributed by atoms with van der Waals surface area (Å²) in [6.07, 6.45) is 0.652. The van der Waals surface area contributed by atoms with E-state index in [1.807, 2.05) is 48.5 Å². The molecule has 0 spiro atoms. The van der Waals surface area contributed by atoms with Crippen molar-refractivity contribution >= 4 is 17.5 Å². The largest absolute Gasteiger partial charge is 0.369 e. The van der Waals surface area contributed by atoms with E-state index >= 15 is 0 Å². The Morgan fingerprint density at radius 1 is 0.719 bits per heavy atom. The number of fused-ring (bicyclic) bond motifs is 1. The van der Waals surface area contributed by atoms with Gasteiger partial charge in [-0.05, 0) is 48.4 Å². The van der Waals surface area contributed by atoms with Crippen LogP contribution in [-0.4, -0.2) is 61.4 Å². The van der Waals surface area contributed by atoms with Crippen molar-refractivity contribution in [3.8, 4) is 11.1 Å². The molecule has 2 aliphatic heterocycles. The zero-order chi connectivity index (χ0) is 22.1. The molecule has 1 fully saturated rings. The number of rotatable bonds is 5. The van der Waals surface area contributed by atoms with E-state index in [-0.39, 0.29) is 11.8 Å². The number of piperazine rings is 1. The van der Waals surface area contributed by atoms with Crippen molar-refractivity contribution in [1.82, 2.24) is 9.80 Å². The van der Waals surface area contributed by atoms with E-state index in [0.29, 0.717) is 24.1 Å². The van der Waals surface area contributed by atoms with E-state index in [0.717, 1.165) is 37.3 Å². The minimum atomic E-state index is -0.195. The quantitative estimate of drug-likeness (QED) is 0.581. The van der Waals surface area contributed by atoms with Crippen LogP contribution in [0, 0.1) is 0 Å². The van der Waals surface area contributed by atoms with Crippen LogP contribution >= 0.6 is 0 Å². The highest BCUT2D eigenvalue weighted by atomic mass is 16.2. The Balaban J connectivity index is 1.34. The Bertz CT molecular complexity index is 1150. The molecule has 0 atom stereocenters. The summed E-state index contributed by atoms with van der Waals surface area (Å²) in [6.45, 7) is 4.44. The van der Waals surface area contributed by atoms with Gasteiger partial charge >= 0.3 is 0 Å². The maximum atomic E-state index is 13.1. The number of carbonyl (C=O) groups excluding carboxylic acids is 2. The summed E-state index contributed by atoms with van der Waals surface area (Å²) in [5.41, 5.74) is 5.38. The fourth-order valence-corrected chi connectivity index (χ4v) is 4.61. The lowest BCUT2D eigenvalue weighted by Gasteiger charge is -2.35. The van der Waals surface area contributed by atoms with Gasteiger partial charge in [-0.15, -0.1) is 0 Å². The Morgan fingerprint density at radius 2 is 1.41 bits per heavy atom. The van der Waals surface area contributed by atoms with Gasteiger partial charge < -0.3 is 9.80 Å². The summed E-state index contributed by atoms with van der Waals surface area (Å²) in [4.78, 5) is 32.3. The summed E-state index contributed by atoms with van der Waals surface area (Å²) in [5, 5.41) is 0. The van der Waals surface area contributed by atoms with E-state index in [1.165, 1.54) is 16.2 Å². The van der Waals surface area contributed by atoms with Crippen LogP contribution in [0.5, 0.6) is 0 Å². The fraction of sp³-hybridized carbons (Fsp3) is 0.259. The van der Waals surface area contributed by atoms with E-state index in [1.54, 1.807) is 6.07 Å². The minimum absolute atomic E-state index is 0.193. The number of amides is 2. The third-order valence-electron chi connectivity index (χ3n) is 6.52. The summed E-state index contributed by atoms with van der Waals surface area (Å²) in [6, 6.07) is 23.8. The van der Waals surface area contributed by atoms with Gasteiger partial charge in [-0.1, -0.05) is 54.6 Å². The minimum Gasteiger partial charge on any atom is -0.369 e. The molecule has 1 saturated heterocycles. The highest BCUT2D eigenvalue weighted by molar-refractivity contribution is 6.21. The first-order valence-corrected chi connectivity index (χ1v) is 11.2. The number of likely N-dealkylation sites (N-methyl/N-ethyl adjacent to an activating group) is 1. The maximum absolute atomic E-state index is 13.1. The first kappa shape index (κ1) is 20.5. The van der Waals surface area contributed by atoms with Crippen molar-refractivity contribution in [2.45, 2.75) is 6.42 Å². The molecule has 0 unspecified atom stereocenters. The van der Waals surface area contributed by atoms with Crippen LogP contribution in [0.3, 0.4) is 0 Å². The SMILES string of the molecule is CN1CCN(c2ccccc2CCN2C(=O)c3ccc(-c4ccccc4)cc3C2=O)CC1.